The van der Waals surface area contributed by atoms with Crippen LogP contribution >= 0.6 is 35.0 Å². The summed E-state index contributed by atoms with van der Waals surface area (Å²) in [6, 6.07) is 13.5. The lowest BCUT2D eigenvalue weighted by Gasteiger charge is -2.14. The molecule has 2 heterocycles. The Balaban J connectivity index is 1.76. The Morgan fingerprint density at radius 2 is 1.90 bits per heavy atom. The lowest BCUT2D eigenvalue weighted by molar-refractivity contribution is 0.914. The highest BCUT2D eigenvalue weighted by Gasteiger charge is 2.51. The van der Waals surface area contributed by atoms with E-state index in [0.29, 0.717) is 11.2 Å². The van der Waals surface area contributed by atoms with E-state index in [4.69, 9.17) is 23.2 Å². The topological polar surface area (TPSA) is 52.2 Å². The van der Waals surface area contributed by atoms with Crippen LogP contribution in [-0.4, -0.2) is 29.3 Å². The van der Waals surface area contributed by atoms with E-state index in [2.05, 4.69) is 10.2 Å². The molecular weight excluding hydrogens is 427 g/mol. The van der Waals surface area contributed by atoms with E-state index in [1.165, 1.54) is 0 Å². The maximum absolute atomic E-state index is 13.4. The minimum absolute atomic E-state index is 0.103. The first-order valence-corrected chi connectivity index (χ1v) is 11.1. The third-order valence-electron chi connectivity index (χ3n) is 5.58. The van der Waals surface area contributed by atoms with Gasteiger partial charge in [0.2, 0.25) is 5.78 Å². The van der Waals surface area contributed by atoms with E-state index in [-0.39, 0.29) is 11.5 Å². The minimum atomic E-state index is -0.629. The molecule has 1 aliphatic carbocycles. The number of rotatable bonds is 4. The zero-order chi connectivity index (χ0) is 20.3. The second-order valence-corrected chi connectivity index (χ2v) is 10.00. The molecular formula is C21H18Cl2N4OS. The molecule has 148 valence electrons. The van der Waals surface area contributed by atoms with E-state index < -0.39 is 4.33 Å². The lowest BCUT2D eigenvalue weighted by atomic mass is 10.1. The maximum atomic E-state index is 13.4. The molecule has 0 N–H and O–H groups in total. The second-order valence-electron chi connectivity index (χ2n) is 7.47. The van der Waals surface area contributed by atoms with Crippen molar-refractivity contribution in [2.24, 2.45) is 5.92 Å². The third kappa shape index (κ3) is 3.05. The number of para-hydroxylation sites is 1. The Kier molecular flexibility index (Phi) is 4.42. The van der Waals surface area contributed by atoms with Crippen LogP contribution < -0.4 is 5.56 Å². The fourth-order valence-electron chi connectivity index (χ4n) is 3.59. The molecule has 4 aromatic rings. The van der Waals surface area contributed by atoms with Crippen LogP contribution in [0.15, 0.2) is 52.4 Å². The van der Waals surface area contributed by atoms with E-state index in [1.807, 2.05) is 60.7 Å². The highest BCUT2D eigenvalue weighted by Crippen LogP contribution is 2.54. The summed E-state index contributed by atoms with van der Waals surface area (Å²) in [6.07, 6.45) is 0.786. The van der Waals surface area contributed by atoms with Crippen molar-refractivity contribution in [3.63, 3.8) is 0 Å². The highest BCUT2D eigenvalue weighted by molar-refractivity contribution is 7.99. The number of halogens is 2. The predicted molar refractivity (Wildman–Crippen MR) is 119 cm³/mol. The molecule has 8 heteroatoms. The van der Waals surface area contributed by atoms with E-state index in [1.54, 1.807) is 16.3 Å². The standard InChI is InChI=1S/C21H18Cl2N4OS/c1-12-6-5-9-16(13(12)2)26-18(28)15-7-3-4-8-17(15)27-19(26)24-25-20(27)29-11-14-10-21(14,22)23/h3-9,14H,10-11H2,1-2H3. The number of benzene rings is 2. The van der Waals surface area contributed by atoms with Gasteiger partial charge >= 0.3 is 0 Å². The van der Waals surface area contributed by atoms with E-state index in [0.717, 1.165) is 39.7 Å². The molecule has 5 nitrogen and oxygen atoms in total. The Hall–Kier alpha value is -2.02. The number of fused-ring (bicyclic) bond motifs is 3. The fourth-order valence-corrected chi connectivity index (χ4v) is 5.46. The summed E-state index contributed by atoms with van der Waals surface area (Å²) in [6.45, 7) is 4.05. The Morgan fingerprint density at radius 3 is 2.66 bits per heavy atom. The van der Waals surface area contributed by atoms with E-state index in [9.17, 15) is 4.79 Å². The number of aromatic nitrogens is 4. The van der Waals surface area contributed by atoms with Gasteiger partial charge in [0.1, 0.15) is 4.33 Å². The van der Waals surface area contributed by atoms with Crippen molar-refractivity contribution in [3.8, 4) is 5.69 Å². The molecule has 0 spiro atoms. The molecule has 0 aliphatic heterocycles. The largest absolute Gasteiger partial charge is 0.268 e. The number of hydrogen-bond donors (Lipinski definition) is 0. The molecule has 0 amide bonds. The van der Waals surface area contributed by atoms with Gasteiger partial charge in [-0.1, -0.05) is 36.0 Å². The summed E-state index contributed by atoms with van der Waals surface area (Å²) >= 11 is 13.9. The molecule has 1 saturated carbocycles. The van der Waals surface area contributed by atoms with Crippen LogP contribution in [0.25, 0.3) is 22.4 Å². The zero-order valence-electron chi connectivity index (χ0n) is 15.9. The van der Waals surface area contributed by atoms with E-state index >= 15 is 0 Å². The summed E-state index contributed by atoms with van der Waals surface area (Å²) < 4.78 is 2.98. The van der Waals surface area contributed by atoms with Gasteiger partial charge in [-0.2, -0.15) is 0 Å². The minimum Gasteiger partial charge on any atom is -0.268 e. The number of thioether (sulfide) groups is 1. The number of aryl methyl sites for hydroxylation is 1. The highest BCUT2D eigenvalue weighted by atomic mass is 35.5. The molecule has 2 aromatic carbocycles. The quantitative estimate of drug-likeness (QED) is 0.330. The first kappa shape index (κ1) is 19.0. The van der Waals surface area contributed by atoms with Crippen molar-refractivity contribution in [2.75, 3.05) is 5.75 Å². The lowest BCUT2D eigenvalue weighted by Crippen LogP contribution is -2.22. The summed E-state index contributed by atoms with van der Waals surface area (Å²) in [5.74, 6) is 1.49. The van der Waals surface area contributed by atoms with Gasteiger partial charge in [-0.05, 0) is 49.6 Å². The average molecular weight is 445 g/mol. The smallest absolute Gasteiger partial charge is 0.267 e. The molecule has 1 atom stereocenters. The fraction of sp³-hybridized carbons (Fsp3) is 0.286. The molecule has 2 aromatic heterocycles. The molecule has 0 radical (unpaired) electrons. The normalized spacial score (nSPS) is 17.9. The van der Waals surface area contributed by atoms with Gasteiger partial charge < -0.3 is 0 Å². The van der Waals surface area contributed by atoms with Gasteiger partial charge in [0.25, 0.3) is 5.56 Å². The maximum Gasteiger partial charge on any atom is 0.267 e. The van der Waals surface area contributed by atoms with Crippen molar-refractivity contribution in [3.05, 3.63) is 63.9 Å². The van der Waals surface area contributed by atoms with Crippen molar-refractivity contribution in [1.82, 2.24) is 19.2 Å². The first-order valence-electron chi connectivity index (χ1n) is 9.34. The number of alkyl halides is 2. The predicted octanol–water partition coefficient (Wildman–Crippen LogP) is 4.94. The molecule has 5 rings (SSSR count). The van der Waals surface area contributed by atoms with Gasteiger partial charge in [0, 0.05) is 11.7 Å². The molecule has 1 aliphatic rings. The van der Waals surface area contributed by atoms with Crippen molar-refractivity contribution < 1.29 is 0 Å². The number of hydrogen-bond acceptors (Lipinski definition) is 4. The molecule has 29 heavy (non-hydrogen) atoms. The van der Waals surface area contributed by atoms with Crippen LogP contribution in [0.1, 0.15) is 17.5 Å². The third-order valence-corrected chi connectivity index (χ3v) is 7.60. The van der Waals surface area contributed by atoms with Crippen LogP contribution in [0.4, 0.5) is 0 Å². The molecule has 1 unspecified atom stereocenters. The molecule has 0 saturated heterocycles. The Morgan fingerprint density at radius 1 is 1.14 bits per heavy atom. The van der Waals surface area contributed by atoms with Crippen LogP contribution in [0.5, 0.6) is 0 Å². The second kappa shape index (κ2) is 6.76. The van der Waals surface area contributed by atoms with Gasteiger partial charge in [-0.25, -0.2) is 4.57 Å². The van der Waals surface area contributed by atoms with Crippen molar-refractivity contribution >= 4 is 51.6 Å². The van der Waals surface area contributed by atoms with Crippen LogP contribution in [0.3, 0.4) is 0 Å². The summed E-state index contributed by atoms with van der Waals surface area (Å²) in [7, 11) is 0. The van der Waals surface area contributed by atoms with Gasteiger partial charge in [0.05, 0.1) is 16.6 Å². The summed E-state index contributed by atoms with van der Waals surface area (Å²) in [4.78, 5) is 13.4. The number of nitrogens with zero attached hydrogens (tertiary/aromatic N) is 4. The SMILES string of the molecule is Cc1cccc(-n2c(=O)c3ccccc3n3c(SCC4CC4(Cl)Cl)nnc23)c1C. The summed E-state index contributed by atoms with van der Waals surface area (Å²) in [5, 5.41) is 10.2. The zero-order valence-corrected chi connectivity index (χ0v) is 18.2. The van der Waals surface area contributed by atoms with Crippen molar-refractivity contribution in [2.45, 2.75) is 29.8 Å². The monoisotopic (exact) mass is 444 g/mol. The van der Waals surface area contributed by atoms with Crippen LogP contribution in [-0.2, 0) is 0 Å². The molecule has 1 fully saturated rings. The van der Waals surface area contributed by atoms with Crippen molar-refractivity contribution in [1.29, 1.82) is 0 Å². The van der Waals surface area contributed by atoms with Gasteiger partial charge in [-0.3, -0.25) is 9.20 Å². The van der Waals surface area contributed by atoms with Gasteiger partial charge in [0.15, 0.2) is 5.16 Å². The Labute approximate surface area is 181 Å². The Bertz CT molecular complexity index is 1330. The van der Waals surface area contributed by atoms with Crippen LogP contribution in [0, 0.1) is 19.8 Å². The van der Waals surface area contributed by atoms with Crippen LogP contribution in [0.2, 0.25) is 0 Å². The first-order chi connectivity index (χ1) is 13.9. The molecule has 0 bridgehead atoms. The van der Waals surface area contributed by atoms with Gasteiger partial charge in [-0.15, -0.1) is 33.4 Å². The average Bonchev–Trinajstić information content (AvgIpc) is 3.11. The summed E-state index contributed by atoms with van der Waals surface area (Å²) in [5.41, 5.74) is 3.66.